The number of thioether (sulfide) groups is 1. The number of amidine groups is 1. The van der Waals surface area contributed by atoms with Gasteiger partial charge in [0, 0.05) is 41.6 Å². The zero-order valence-electron chi connectivity index (χ0n) is 15.5. The molecule has 8 nitrogen and oxygen atoms in total. The number of hydrogen-bond donors (Lipinski definition) is 2. The van der Waals surface area contributed by atoms with Crippen molar-refractivity contribution < 1.29 is 14.4 Å². The fourth-order valence-electron chi connectivity index (χ4n) is 2.57. The topological polar surface area (TPSA) is 104 Å². The summed E-state index contributed by atoms with van der Waals surface area (Å²) >= 11 is 6.98. The van der Waals surface area contributed by atoms with Crippen LogP contribution in [0.1, 0.15) is 23.7 Å². The number of rotatable bonds is 5. The molecular formula is C19H18ClN5O3S. The molecule has 0 spiro atoms. The summed E-state index contributed by atoms with van der Waals surface area (Å²) < 4.78 is 0. The summed E-state index contributed by atoms with van der Waals surface area (Å²) in [7, 11) is 0. The third kappa shape index (κ3) is 5.33. The molecule has 1 saturated heterocycles. The summed E-state index contributed by atoms with van der Waals surface area (Å²) in [4.78, 5) is 42.6. The lowest BCUT2D eigenvalue weighted by atomic mass is 10.2. The Labute approximate surface area is 176 Å². The third-order valence-electron chi connectivity index (χ3n) is 4.06. The first-order valence-electron chi connectivity index (χ1n) is 8.79. The van der Waals surface area contributed by atoms with Crippen molar-refractivity contribution in [3.05, 3.63) is 59.4 Å². The van der Waals surface area contributed by atoms with Crippen molar-refractivity contribution in [1.82, 2.24) is 15.3 Å². The highest BCUT2D eigenvalue weighted by Gasteiger charge is 2.35. The van der Waals surface area contributed by atoms with Crippen molar-refractivity contribution in [3.63, 3.8) is 0 Å². The van der Waals surface area contributed by atoms with Crippen LogP contribution in [0.3, 0.4) is 0 Å². The minimum atomic E-state index is -0.669. The van der Waals surface area contributed by atoms with Crippen molar-refractivity contribution in [2.45, 2.75) is 18.6 Å². The molecular weight excluding hydrogens is 414 g/mol. The number of halogens is 1. The summed E-state index contributed by atoms with van der Waals surface area (Å²) in [6, 6.07) is 9.78. The molecule has 150 valence electrons. The summed E-state index contributed by atoms with van der Waals surface area (Å²) in [5, 5.41) is 7.00. The van der Waals surface area contributed by atoms with Gasteiger partial charge in [-0.25, -0.2) is 5.43 Å². The highest BCUT2D eigenvalue weighted by Crippen LogP contribution is 2.27. The van der Waals surface area contributed by atoms with Gasteiger partial charge in [0.1, 0.15) is 5.25 Å². The lowest BCUT2D eigenvalue weighted by Gasteiger charge is -2.30. The van der Waals surface area contributed by atoms with Crippen LogP contribution in [0.15, 0.2) is 53.9 Å². The van der Waals surface area contributed by atoms with E-state index in [-0.39, 0.29) is 23.4 Å². The second-order valence-corrected chi connectivity index (χ2v) is 7.62. The maximum absolute atomic E-state index is 12.6. The monoisotopic (exact) mass is 431 g/mol. The van der Waals surface area contributed by atoms with Gasteiger partial charge >= 0.3 is 0 Å². The molecule has 0 unspecified atom stereocenters. The molecule has 1 aromatic heterocycles. The third-order valence-corrected chi connectivity index (χ3v) is 5.50. The SMILES string of the molecule is CCN1C(=O)C[C@@H](C(=O)Nc2ccc(Cl)cc2)S/C1=N/NC(=O)c1ccncc1. The number of nitrogens with one attached hydrogen (secondary N) is 2. The maximum Gasteiger partial charge on any atom is 0.271 e. The zero-order chi connectivity index (χ0) is 20.8. The Bertz CT molecular complexity index is 937. The van der Waals surface area contributed by atoms with Crippen LogP contribution in [0.2, 0.25) is 5.02 Å². The molecule has 1 atom stereocenters. The van der Waals surface area contributed by atoms with Gasteiger partial charge in [-0.05, 0) is 43.3 Å². The number of aromatic nitrogens is 1. The Morgan fingerprint density at radius 1 is 1.24 bits per heavy atom. The van der Waals surface area contributed by atoms with E-state index < -0.39 is 11.2 Å². The molecule has 0 radical (unpaired) electrons. The van der Waals surface area contributed by atoms with Crippen LogP contribution in [-0.4, -0.2) is 44.6 Å². The second-order valence-electron chi connectivity index (χ2n) is 6.02. The number of carbonyl (C=O) groups is 3. The van der Waals surface area contributed by atoms with E-state index in [2.05, 4.69) is 20.8 Å². The van der Waals surface area contributed by atoms with E-state index in [1.807, 2.05) is 0 Å². The number of benzene rings is 1. The van der Waals surface area contributed by atoms with Crippen LogP contribution >= 0.6 is 23.4 Å². The van der Waals surface area contributed by atoms with Gasteiger partial charge in [-0.1, -0.05) is 23.4 Å². The van der Waals surface area contributed by atoms with E-state index in [0.717, 1.165) is 11.8 Å². The highest BCUT2D eigenvalue weighted by molar-refractivity contribution is 8.15. The summed E-state index contributed by atoms with van der Waals surface area (Å²) in [6.07, 6.45) is 3.03. The number of hydrogen-bond acceptors (Lipinski definition) is 6. The van der Waals surface area contributed by atoms with Crippen molar-refractivity contribution in [3.8, 4) is 0 Å². The predicted octanol–water partition coefficient (Wildman–Crippen LogP) is 2.73. The van der Waals surface area contributed by atoms with Gasteiger partial charge in [-0.15, -0.1) is 5.10 Å². The van der Waals surface area contributed by atoms with Crippen LogP contribution in [0.4, 0.5) is 5.69 Å². The molecule has 1 aliphatic rings. The standard InChI is InChI=1S/C19H18ClN5O3S/c1-2-25-16(26)11-15(18(28)22-14-5-3-13(20)4-6-14)29-19(25)24-23-17(27)12-7-9-21-10-8-12/h3-10,15H,2,11H2,1H3,(H,22,28)(H,23,27)/b24-19+/t15-/m0/s1. The lowest BCUT2D eigenvalue weighted by Crippen LogP contribution is -2.46. The fourth-order valence-corrected chi connectivity index (χ4v) is 3.80. The molecule has 0 saturated carbocycles. The molecule has 10 heteroatoms. The van der Waals surface area contributed by atoms with E-state index in [1.54, 1.807) is 43.3 Å². The van der Waals surface area contributed by atoms with Gasteiger partial charge in [-0.2, -0.15) is 0 Å². The van der Waals surface area contributed by atoms with Crippen LogP contribution in [-0.2, 0) is 9.59 Å². The van der Waals surface area contributed by atoms with Gasteiger partial charge in [-0.3, -0.25) is 24.3 Å². The Morgan fingerprint density at radius 3 is 2.59 bits per heavy atom. The molecule has 1 aliphatic heterocycles. The molecule has 29 heavy (non-hydrogen) atoms. The quantitative estimate of drug-likeness (QED) is 0.708. The van der Waals surface area contributed by atoms with E-state index in [0.29, 0.717) is 22.8 Å². The second kappa shape index (κ2) is 9.53. The van der Waals surface area contributed by atoms with Crippen molar-refractivity contribution in [1.29, 1.82) is 0 Å². The molecule has 2 N–H and O–H groups in total. The average Bonchev–Trinajstić information content (AvgIpc) is 2.73. The number of anilines is 1. The Balaban J connectivity index is 1.71. The first kappa shape index (κ1) is 20.8. The molecule has 3 amide bonds. The highest BCUT2D eigenvalue weighted by atomic mass is 35.5. The van der Waals surface area contributed by atoms with E-state index in [9.17, 15) is 14.4 Å². The van der Waals surface area contributed by atoms with Gasteiger partial charge in [0.15, 0.2) is 5.17 Å². The predicted molar refractivity (Wildman–Crippen MR) is 113 cm³/mol. The Kier molecular flexibility index (Phi) is 6.84. The normalized spacial score (nSPS) is 17.9. The first-order chi connectivity index (χ1) is 14.0. The maximum atomic E-state index is 12.6. The Morgan fingerprint density at radius 2 is 1.93 bits per heavy atom. The Hall–Kier alpha value is -2.91. The zero-order valence-corrected chi connectivity index (χ0v) is 17.0. The van der Waals surface area contributed by atoms with Crippen molar-refractivity contribution in [2.24, 2.45) is 5.10 Å². The van der Waals surface area contributed by atoms with Gasteiger partial charge < -0.3 is 5.32 Å². The number of carbonyl (C=O) groups excluding carboxylic acids is 3. The molecule has 2 aromatic rings. The van der Waals surface area contributed by atoms with E-state index in [1.165, 1.54) is 17.3 Å². The van der Waals surface area contributed by atoms with E-state index >= 15 is 0 Å². The minimum absolute atomic E-state index is 0.0370. The van der Waals surface area contributed by atoms with Crippen LogP contribution < -0.4 is 10.7 Å². The molecule has 0 aliphatic carbocycles. The van der Waals surface area contributed by atoms with Crippen molar-refractivity contribution in [2.75, 3.05) is 11.9 Å². The summed E-state index contributed by atoms with van der Waals surface area (Å²) in [5.74, 6) is -0.995. The molecule has 1 aromatic carbocycles. The summed E-state index contributed by atoms with van der Waals surface area (Å²) in [6.45, 7) is 2.17. The van der Waals surface area contributed by atoms with Crippen LogP contribution in [0.25, 0.3) is 0 Å². The van der Waals surface area contributed by atoms with Crippen LogP contribution in [0, 0.1) is 0 Å². The molecule has 1 fully saturated rings. The minimum Gasteiger partial charge on any atom is -0.325 e. The van der Waals surface area contributed by atoms with Crippen LogP contribution in [0.5, 0.6) is 0 Å². The number of pyridine rings is 1. The average molecular weight is 432 g/mol. The largest absolute Gasteiger partial charge is 0.325 e. The first-order valence-corrected chi connectivity index (χ1v) is 10.0. The smallest absolute Gasteiger partial charge is 0.271 e. The van der Waals surface area contributed by atoms with Crippen molar-refractivity contribution >= 4 is 51.9 Å². The number of nitrogens with zero attached hydrogens (tertiary/aromatic N) is 3. The summed E-state index contributed by atoms with van der Waals surface area (Å²) in [5.41, 5.74) is 3.39. The number of amides is 3. The molecule has 0 bridgehead atoms. The van der Waals surface area contributed by atoms with Gasteiger partial charge in [0.2, 0.25) is 11.8 Å². The molecule has 3 rings (SSSR count). The lowest BCUT2D eigenvalue weighted by molar-refractivity contribution is -0.129. The van der Waals surface area contributed by atoms with Gasteiger partial charge in [0.25, 0.3) is 5.91 Å². The molecule has 2 heterocycles. The van der Waals surface area contributed by atoms with E-state index in [4.69, 9.17) is 11.6 Å². The van der Waals surface area contributed by atoms with Gasteiger partial charge in [0.05, 0.1) is 0 Å². The fraction of sp³-hybridized carbons (Fsp3) is 0.211. The number of hydrazone groups is 1.